The molecule has 4 heteroatoms. The van der Waals surface area contributed by atoms with Crippen LogP contribution in [0, 0.1) is 0 Å². The first-order chi connectivity index (χ1) is 32.6. The Morgan fingerprint density at radius 3 is 1.58 bits per heavy atom. The highest BCUT2D eigenvalue weighted by Crippen LogP contribution is 2.46. The molecule has 0 aliphatic heterocycles. The van der Waals surface area contributed by atoms with Gasteiger partial charge in [0.1, 0.15) is 0 Å². The summed E-state index contributed by atoms with van der Waals surface area (Å²) in [6, 6.07) is 59.8. The van der Waals surface area contributed by atoms with Gasteiger partial charge in [-0.1, -0.05) is 110 Å². The molecule has 1 aliphatic rings. The van der Waals surface area contributed by atoms with Crippen LogP contribution in [0.3, 0.4) is 0 Å². The van der Waals surface area contributed by atoms with Crippen molar-refractivity contribution in [3.05, 3.63) is 199 Å². The summed E-state index contributed by atoms with van der Waals surface area (Å²) in [5.41, 5.74) is 12.3. The lowest BCUT2D eigenvalue weighted by Crippen LogP contribution is -1.96. The molecule has 0 saturated heterocycles. The van der Waals surface area contributed by atoms with Gasteiger partial charge in [0.2, 0.25) is 0 Å². The van der Waals surface area contributed by atoms with Gasteiger partial charge in [0.25, 0.3) is 0 Å². The molecule has 0 fully saturated rings. The molecular weight excluding hydrogens is 837 g/mol. The fraction of sp³-hybridized carbons (Fsp3) is 0.0323. The monoisotopic (exact) mass is 874 g/mol. The molecule has 0 unspecified atom stereocenters. The second kappa shape index (κ2) is 13.4. The summed E-state index contributed by atoms with van der Waals surface area (Å²) in [4.78, 5) is 0. The van der Waals surface area contributed by atoms with Crippen LogP contribution < -0.4 is 0 Å². The van der Waals surface area contributed by atoms with Gasteiger partial charge in [-0.05, 0) is 152 Å². The smallest absolute Gasteiger partial charge is 0.0547 e. The highest BCUT2D eigenvalue weighted by atomic mass is 32.1. The molecule has 14 aromatic rings. The normalized spacial score (nSPS) is 13.1. The summed E-state index contributed by atoms with van der Waals surface area (Å²) in [5, 5.41) is 18.0. The average molecular weight is 875 g/mol. The Bertz CT molecular complexity index is 4560. The third-order valence-electron chi connectivity index (χ3n) is 14.6. The van der Waals surface area contributed by atoms with Crippen LogP contribution in [0.1, 0.15) is 28.7 Å². The lowest BCUT2D eigenvalue weighted by atomic mass is 9.92. The fourth-order valence-electron chi connectivity index (χ4n) is 11.7. The van der Waals surface area contributed by atoms with Crippen molar-refractivity contribution in [3.63, 3.8) is 0 Å². The Labute approximate surface area is 387 Å². The maximum atomic E-state index is 4.29. The molecule has 1 aliphatic carbocycles. The van der Waals surface area contributed by atoms with Crippen molar-refractivity contribution < 1.29 is 0 Å². The molecule has 0 radical (unpaired) electrons. The summed E-state index contributed by atoms with van der Waals surface area (Å²) in [6.45, 7) is 8.44. The predicted octanol–water partition coefficient (Wildman–Crippen LogP) is 18.3. The van der Waals surface area contributed by atoms with Gasteiger partial charge in [-0.15, -0.1) is 22.7 Å². The first-order valence-corrected chi connectivity index (χ1v) is 24.4. The van der Waals surface area contributed by atoms with E-state index < -0.39 is 0 Å². The van der Waals surface area contributed by atoms with Crippen LogP contribution in [0.4, 0.5) is 0 Å². The van der Waals surface area contributed by atoms with Crippen molar-refractivity contribution in [1.29, 1.82) is 0 Å². The summed E-state index contributed by atoms with van der Waals surface area (Å²) in [6.07, 6.45) is 10.8. The van der Waals surface area contributed by atoms with Crippen LogP contribution in [0.15, 0.2) is 177 Å². The van der Waals surface area contributed by atoms with Crippen molar-refractivity contribution in [2.45, 2.75) is 12.8 Å². The molecule has 15 rings (SSSR count). The van der Waals surface area contributed by atoms with Gasteiger partial charge in [-0.2, -0.15) is 0 Å². The zero-order valence-corrected chi connectivity index (χ0v) is 37.5. The van der Waals surface area contributed by atoms with Crippen molar-refractivity contribution in [1.82, 2.24) is 9.13 Å². The second-order valence-corrected chi connectivity index (χ2v) is 20.2. The Kier molecular flexibility index (Phi) is 7.42. The lowest BCUT2D eigenvalue weighted by Gasteiger charge is -2.13. The molecule has 2 nitrogen and oxygen atoms in total. The van der Waals surface area contributed by atoms with E-state index >= 15 is 0 Å². The zero-order chi connectivity index (χ0) is 43.4. The molecule has 0 atom stereocenters. The Morgan fingerprint density at radius 1 is 0.424 bits per heavy atom. The third kappa shape index (κ3) is 4.90. The number of benzene rings is 10. The highest BCUT2D eigenvalue weighted by molar-refractivity contribution is 7.26. The molecule has 0 N–H and O–H groups in total. The molecule has 0 bridgehead atoms. The molecule has 0 saturated carbocycles. The summed E-state index contributed by atoms with van der Waals surface area (Å²) < 4.78 is 10.2. The van der Waals surface area contributed by atoms with Crippen LogP contribution >= 0.6 is 22.7 Å². The zero-order valence-electron chi connectivity index (χ0n) is 35.9. The SMILES string of the molecule is C=Cc1ccc2c(c1C=C)c1c3ccccc3ccc1n2-c1ccc2sc3cc4cc5sc6ccc(-n7c8ccc9c(c8c8c%10ccccc%10ccc87)C=CCC9)cc6c5cc4cc3c2c1. The average Bonchev–Trinajstić information content (AvgIpc) is 4.11. The number of nitrogens with zero attached hydrogens (tertiary/aromatic N) is 2. The van der Waals surface area contributed by atoms with Gasteiger partial charge >= 0.3 is 0 Å². The van der Waals surface area contributed by atoms with Gasteiger partial charge < -0.3 is 9.13 Å². The summed E-state index contributed by atoms with van der Waals surface area (Å²) in [7, 11) is 0. The summed E-state index contributed by atoms with van der Waals surface area (Å²) in [5.74, 6) is 0. The van der Waals surface area contributed by atoms with Crippen molar-refractivity contribution in [3.8, 4) is 11.4 Å². The Morgan fingerprint density at radius 2 is 0.955 bits per heavy atom. The number of thiophene rings is 2. The molecule has 0 spiro atoms. The maximum Gasteiger partial charge on any atom is 0.0547 e. The van der Waals surface area contributed by atoms with E-state index in [2.05, 4.69) is 192 Å². The minimum absolute atomic E-state index is 1.09. The molecular formula is C62H38N2S2. The van der Waals surface area contributed by atoms with Gasteiger partial charge in [0, 0.05) is 73.3 Å². The van der Waals surface area contributed by atoms with Gasteiger partial charge in [0.15, 0.2) is 0 Å². The minimum atomic E-state index is 1.09. The molecule has 10 aromatic carbocycles. The first kappa shape index (κ1) is 36.6. The summed E-state index contributed by atoms with van der Waals surface area (Å²) >= 11 is 3.79. The number of allylic oxidation sites excluding steroid dienone is 1. The van der Waals surface area contributed by atoms with E-state index in [-0.39, 0.29) is 0 Å². The maximum absolute atomic E-state index is 4.29. The van der Waals surface area contributed by atoms with Crippen LogP contribution in [0.2, 0.25) is 0 Å². The van der Waals surface area contributed by atoms with Crippen LogP contribution in [-0.4, -0.2) is 9.13 Å². The third-order valence-corrected chi connectivity index (χ3v) is 16.9. The minimum Gasteiger partial charge on any atom is -0.309 e. The quantitative estimate of drug-likeness (QED) is 0.167. The number of fused-ring (bicyclic) bond motifs is 19. The topological polar surface area (TPSA) is 9.86 Å². The molecule has 66 heavy (non-hydrogen) atoms. The second-order valence-electron chi connectivity index (χ2n) is 18.0. The van der Waals surface area contributed by atoms with E-state index in [1.54, 1.807) is 0 Å². The van der Waals surface area contributed by atoms with Crippen molar-refractivity contribution >= 4 is 157 Å². The van der Waals surface area contributed by atoms with Crippen molar-refractivity contribution in [2.24, 2.45) is 0 Å². The standard InChI is InChI=1S/C62H38N2S2/c1-3-35-17-23-51-59(43(35)4-2)60-44-14-8-5-11-36(44)18-24-52(60)63(51)41-21-27-55-49(33-41)47-29-39-30-48-50-34-42(22-28-56(50)66-58(48)32-40(39)31-57(47)65-55)64-53-25-19-37-12-6-9-15-45(37)61(53)62-46-16-10-7-13-38(46)20-26-54(62)64/h3-6,8-12,14-34H,1-2,7,13H2. The van der Waals surface area contributed by atoms with E-state index in [1.165, 1.54) is 133 Å². The predicted molar refractivity (Wildman–Crippen MR) is 291 cm³/mol. The van der Waals surface area contributed by atoms with Gasteiger partial charge in [-0.3, -0.25) is 0 Å². The van der Waals surface area contributed by atoms with Crippen LogP contribution in [-0.2, 0) is 6.42 Å². The molecule has 0 amide bonds. The first-order valence-electron chi connectivity index (χ1n) is 22.8. The van der Waals surface area contributed by atoms with E-state index in [1.807, 2.05) is 34.8 Å². The Hall–Kier alpha value is -7.76. The lowest BCUT2D eigenvalue weighted by molar-refractivity contribution is 0.989. The number of hydrogen-bond donors (Lipinski definition) is 0. The van der Waals surface area contributed by atoms with Crippen LogP contribution in [0.25, 0.3) is 146 Å². The highest BCUT2D eigenvalue weighted by Gasteiger charge is 2.22. The number of aromatic nitrogens is 2. The molecule has 308 valence electrons. The number of rotatable bonds is 4. The van der Waals surface area contributed by atoms with E-state index in [0.29, 0.717) is 0 Å². The van der Waals surface area contributed by atoms with E-state index in [0.717, 1.165) is 29.7 Å². The molecule has 4 aromatic heterocycles. The van der Waals surface area contributed by atoms with Gasteiger partial charge in [-0.25, -0.2) is 0 Å². The van der Waals surface area contributed by atoms with E-state index in [9.17, 15) is 0 Å². The fourth-order valence-corrected chi connectivity index (χ4v) is 13.9. The number of hydrogen-bond acceptors (Lipinski definition) is 2. The van der Waals surface area contributed by atoms with Crippen molar-refractivity contribution in [2.75, 3.05) is 0 Å². The van der Waals surface area contributed by atoms with Gasteiger partial charge in [0.05, 0.1) is 22.1 Å². The van der Waals surface area contributed by atoms with E-state index in [4.69, 9.17) is 0 Å². The Balaban J connectivity index is 0.934. The number of aryl methyl sites for hydroxylation is 1. The molecule has 4 heterocycles. The van der Waals surface area contributed by atoms with Crippen LogP contribution in [0.5, 0.6) is 0 Å². The largest absolute Gasteiger partial charge is 0.309 e.